The minimum atomic E-state index is -3.75. The van der Waals surface area contributed by atoms with E-state index >= 15 is 0 Å². The summed E-state index contributed by atoms with van der Waals surface area (Å²) < 4.78 is 22.3. The monoisotopic (exact) mass is 309 g/mol. The van der Waals surface area contributed by atoms with Crippen molar-refractivity contribution in [2.75, 3.05) is 11.9 Å². The van der Waals surface area contributed by atoms with Gasteiger partial charge in [-0.1, -0.05) is 18.2 Å². The second-order valence-corrected chi connectivity index (χ2v) is 6.73. The van der Waals surface area contributed by atoms with Crippen LogP contribution in [0.1, 0.15) is 10.4 Å². The van der Waals surface area contributed by atoms with E-state index in [0.717, 1.165) is 0 Å². The quantitative estimate of drug-likeness (QED) is 0.819. The fourth-order valence-corrected chi connectivity index (χ4v) is 2.49. The highest BCUT2D eigenvalue weighted by Crippen LogP contribution is 2.20. The molecule has 6 heteroatoms. The molecule has 0 aliphatic rings. The van der Waals surface area contributed by atoms with Crippen molar-refractivity contribution >= 4 is 31.3 Å². The molecule has 0 aromatic heterocycles. The number of hydrogen-bond donors (Lipinski definition) is 0. The van der Waals surface area contributed by atoms with Crippen LogP contribution < -0.4 is 4.90 Å². The lowest BCUT2D eigenvalue weighted by molar-refractivity contribution is 0.0993. The molecular formula is C14H12ClNO3S. The maximum absolute atomic E-state index is 12.2. The van der Waals surface area contributed by atoms with Crippen molar-refractivity contribution in [2.45, 2.75) is 4.90 Å². The molecule has 0 aliphatic carbocycles. The zero-order valence-corrected chi connectivity index (χ0v) is 12.2. The van der Waals surface area contributed by atoms with Gasteiger partial charge in [-0.15, -0.1) is 0 Å². The molecule has 0 aliphatic heterocycles. The van der Waals surface area contributed by atoms with Gasteiger partial charge in [0.25, 0.3) is 15.0 Å². The molecule has 2 aromatic rings. The summed E-state index contributed by atoms with van der Waals surface area (Å²) in [6.07, 6.45) is 0. The molecule has 104 valence electrons. The standard InChI is InChI=1S/C14H12ClNO3S/c1-16(14(17)11-5-3-2-4-6-11)12-7-9-13(10-8-12)20(15,18)19/h2-10H,1H3. The lowest BCUT2D eigenvalue weighted by Gasteiger charge is -2.17. The largest absolute Gasteiger partial charge is 0.311 e. The van der Waals surface area contributed by atoms with Gasteiger partial charge in [0.05, 0.1) is 4.90 Å². The van der Waals surface area contributed by atoms with Crippen molar-refractivity contribution in [2.24, 2.45) is 0 Å². The molecule has 0 heterocycles. The molecule has 0 fully saturated rings. The topological polar surface area (TPSA) is 54.5 Å². The third kappa shape index (κ3) is 3.18. The number of carbonyl (C=O) groups is 1. The first-order chi connectivity index (χ1) is 9.39. The van der Waals surface area contributed by atoms with Gasteiger partial charge in [-0.25, -0.2) is 8.42 Å². The van der Waals surface area contributed by atoms with Gasteiger partial charge < -0.3 is 4.90 Å². The Bertz CT molecular complexity index is 712. The molecule has 0 bridgehead atoms. The first kappa shape index (κ1) is 14.6. The maximum atomic E-state index is 12.2. The second-order valence-electron chi connectivity index (χ2n) is 4.16. The number of anilines is 1. The predicted molar refractivity (Wildman–Crippen MR) is 78.7 cm³/mol. The number of amides is 1. The summed E-state index contributed by atoms with van der Waals surface area (Å²) in [5.41, 5.74) is 1.15. The van der Waals surface area contributed by atoms with E-state index in [0.29, 0.717) is 11.3 Å². The minimum Gasteiger partial charge on any atom is -0.311 e. The molecular weight excluding hydrogens is 298 g/mol. The van der Waals surface area contributed by atoms with Gasteiger partial charge in [-0.2, -0.15) is 0 Å². The van der Waals surface area contributed by atoms with Crippen LogP contribution in [0, 0.1) is 0 Å². The van der Waals surface area contributed by atoms with Crippen LogP contribution in [-0.2, 0) is 9.05 Å². The molecule has 20 heavy (non-hydrogen) atoms. The molecule has 0 spiro atoms. The van der Waals surface area contributed by atoms with Crippen LogP contribution in [0.4, 0.5) is 5.69 Å². The van der Waals surface area contributed by atoms with E-state index in [9.17, 15) is 13.2 Å². The second kappa shape index (κ2) is 5.64. The fourth-order valence-electron chi connectivity index (χ4n) is 1.72. The van der Waals surface area contributed by atoms with Gasteiger partial charge in [0.15, 0.2) is 0 Å². The van der Waals surface area contributed by atoms with Crippen LogP contribution in [0.3, 0.4) is 0 Å². The lowest BCUT2D eigenvalue weighted by Crippen LogP contribution is -2.26. The number of halogens is 1. The number of rotatable bonds is 3. The normalized spacial score (nSPS) is 11.1. The third-order valence-electron chi connectivity index (χ3n) is 2.83. The Labute approximate surface area is 122 Å². The minimum absolute atomic E-state index is 0.00322. The molecule has 2 rings (SSSR count). The highest BCUT2D eigenvalue weighted by Gasteiger charge is 2.14. The Morgan fingerprint density at radius 2 is 1.55 bits per heavy atom. The van der Waals surface area contributed by atoms with Crippen molar-refractivity contribution < 1.29 is 13.2 Å². The van der Waals surface area contributed by atoms with E-state index in [1.807, 2.05) is 6.07 Å². The van der Waals surface area contributed by atoms with Gasteiger partial charge in [0, 0.05) is 29.0 Å². The van der Waals surface area contributed by atoms with Crippen molar-refractivity contribution in [1.82, 2.24) is 0 Å². The Kier molecular flexibility index (Phi) is 4.11. The van der Waals surface area contributed by atoms with Crippen molar-refractivity contribution in [3.8, 4) is 0 Å². The number of nitrogens with zero attached hydrogens (tertiary/aromatic N) is 1. The Balaban J connectivity index is 2.26. The summed E-state index contributed by atoms with van der Waals surface area (Å²) in [6.45, 7) is 0. The van der Waals surface area contributed by atoms with Crippen LogP contribution in [0.5, 0.6) is 0 Å². The summed E-state index contributed by atoms with van der Waals surface area (Å²) >= 11 is 0. The van der Waals surface area contributed by atoms with E-state index in [4.69, 9.17) is 10.7 Å². The fraction of sp³-hybridized carbons (Fsp3) is 0.0714. The molecule has 4 nitrogen and oxygen atoms in total. The molecule has 2 aromatic carbocycles. The average molecular weight is 310 g/mol. The number of hydrogen-bond acceptors (Lipinski definition) is 3. The van der Waals surface area contributed by atoms with E-state index < -0.39 is 9.05 Å². The number of benzene rings is 2. The van der Waals surface area contributed by atoms with Crippen LogP contribution in [0.2, 0.25) is 0 Å². The van der Waals surface area contributed by atoms with Crippen molar-refractivity contribution in [3.63, 3.8) is 0 Å². The first-order valence-corrected chi connectivity index (χ1v) is 8.08. The van der Waals surface area contributed by atoms with Crippen LogP contribution in [0.15, 0.2) is 59.5 Å². The molecule has 0 radical (unpaired) electrons. The van der Waals surface area contributed by atoms with E-state index in [1.165, 1.54) is 29.2 Å². The summed E-state index contributed by atoms with van der Waals surface area (Å²) in [6, 6.07) is 14.6. The highest BCUT2D eigenvalue weighted by molar-refractivity contribution is 8.13. The average Bonchev–Trinajstić information content (AvgIpc) is 2.46. The van der Waals surface area contributed by atoms with E-state index in [2.05, 4.69) is 0 Å². The van der Waals surface area contributed by atoms with Crippen molar-refractivity contribution in [1.29, 1.82) is 0 Å². The predicted octanol–water partition coefficient (Wildman–Crippen LogP) is 2.89. The van der Waals surface area contributed by atoms with Gasteiger partial charge in [0.1, 0.15) is 0 Å². The summed E-state index contributed by atoms with van der Waals surface area (Å²) in [4.78, 5) is 13.7. The Hall–Kier alpha value is -1.85. The molecule has 0 saturated heterocycles. The SMILES string of the molecule is CN(C(=O)c1ccccc1)c1ccc(S(=O)(=O)Cl)cc1. The third-order valence-corrected chi connectivity index (χ3v) is 4.20. The molecule has 1 amide bonds. The van der Waals surface area contributed by atoms with Gasteiger partial charge in [-0.3, -0.25) is 4.79 Å². The highest BCUT2D eigenvalue weighted by atomic mass is 35.7. The van der Waals surface area contributed by atoms with Gasteiger partial charge in [-0.05, 0) is 36.4 Å². The van der Waals surface area contributed by atoms with Gasteiger partial charge in [0.2, 0.25) is 0 Å². The van der Waals surface area contributed by atoms with Gasteiger partial charge >= 0.3 is 0 Å². The molecule has 0 atom stereocenters. The Morgan fingerprint density at radius 3 is 2.05 bits per heavy atom. The van der Waals surface area contributed by atoms with E-state index in [-0.39, 0.29) is 10.8 Å². The molecule has 0 unspecified atom stereocenters. The van der Waals surface area contributed by atoms with Crippen LogP contribution in [-0.4, -0.2) is 21.4 Å². The Morgan fingerprint density at radius 1 is 1.00 bits per heavy atom. The lowest BCUT2D eigenvalue weighted by atomic mass is 10.2. The van der Waals surface area contributed by atoms with E-state index in [1.54, 1.807) is 31.3 Å². The van der Waals surface area contributed by atoms with Crippen LogP contribution in [0.25, 0.3) is 0 Å². The summed E-state index contributed by atoms with van der Waals surface area (Å²) in [5, 5.41) is 0. The zero-order chi connectivity index (χ0) is 14.8. The smallest absolute Gasteiger partial charge is 0.261 e. The maximum Gasteiger partial charge on any atom is 0.261 e. The first-order valence-electron chi connectivity index (χ1n) is 5.77. The molecule has 0 N–H and O–H groups in total. The number of carbonyl (C=O) groups excluding carboxylic acids is 1. The molecule has 0 saturated carbocycles. The van der Waals surface area contributed by atoms with Crippen LogP contribution >= 0.6 is 10.7 Å². The summed E-state index contributed by atoms with van der Waals surface area (Å²) in [5.74, 6) is -0.174. The zero-order valence-electron chi connectivity index (χ0n) is 10.7. The summed E-state index contributed by atoms with van der Waals surface area (Å²) in [7, 11) is 3.12. The van der Waals surface area contributed by atoms with Crippen molar-refractivity contribution in [3.05, 3.63) is 60.2 Å².